The van der Waals surface area contributed by atoms with Crippen molar-refractivity contribution >= 4 is 0 Å². The van der Waals surface area contributed by atoms with E-state index in [0.29, 0.717) is 19.6 Å². The van der Waals surface area contributed by atoms with Crippen molar-refractivity contribution in [1.82, 2.24) is 10.2 Å². The molecule has 0 aromatic rings. The van der Waals surface area contributed by atoms with Crippen molar-refractivity contribution in [1.29, 1.82) is 0 Å². The molecular formula is C22H29F3N2O2. The van der Waals surface area contributed by atoms with Crippen LogP contribution in [-0.4, -0.2) is 64.1 Å². The van der Waals surface area contributed by atoms with Gasteiger partial charge < -0.3 is 19.7 Å². The molecule has 3 rings (SSSR count). The minimum atomic E-state index is -2.88. The Labute approximate surface area is 170 Å². The molecule has 0 spiro atoms. The second-order valence-corrected chi connectivity index (χ2v) is 7.86. The summed E-state index contributed by atoms with van der Waals surface area (Å²) in [6, 6.07) is 0. The van der Waals surface area contributed by atoms with Gasteiger partial charge in [0, 0.05) is 25.6 Å². The Bertz CT molecular complexity index is 753. The van der Waals surface area contributed by atoms with Gasteiger partial charge in [-0.3, -0.25) is 0 Å². The number of nitrogens with zero attached hydrogens (tertiary/aromatic N) is 1. The smallest absolute Gasteiger partial charge is 0.387 e. The molecule has 4 nitrogen and oxygen atoms in total. The number of rotatable bonds is 8. The molecule has 0 saturated heterocycles. The SMILES string of the molecule is CC1C=C(C2=C(CNCCN(C)C)COC3CC=C(OC(F)F)C=C23)C=CC1F. The van der Waals surface area contributed by atoms with Crippen LogP contribution in [0.2, 0.25) is 0 Å². The molecule has 160 valence electrons. The third kappa shape index (κ3) is 5.62. The number of hydrogen-bond donors (Lipinski definition) is 1. The Morgan fingerprint density at radius 1 is 1.34 bits per heavy atom. The van der Waals surface area contributed by atoms with Crippen molar-refractivity contribution in [2.24, 2.45) is 5.92 Å². The molecule has 0 radical (unpaired) electrons. The van der Waals surface area contributed by atoms with Crippen LogP contribution in [-0.2, 0) is 9.47 Å². The van der Waals surface area contributed by atoms with Crippen LogP contribution in [0.1, 0.15) is 13.3 Å². The van der Waals surface area contributed by atoms with Gasteiger partial charge in [0.25, 0.3) is 0 Å². The quantitative estimate of drug-likeness (QED) is 0.618. The normalized spacial score (nSPS) is 27.0. The fraction of sp³-hybridized carbons (Fsp3) is 0.545. The first kappa shape index (κ1) is 21.9. The van der Waals surface area contributed by atoms with E-state index in [-0.39, 0.29) is 17.8 Å². The maximum absolute atomic E-state index is 14.0. The van der Waals surface area contributed by atoms with E-state index in [0.717, 1.165) is 35.4 Å². The molecule has 1 heterocycles. The maximum Gasteiger partial charge on any atom is 0.387 e. The van der Waals surface area contributed by atoms with Gasteiger partial charge >= 0.3 is 6.61 Å². The van der Waals surface area contributed by atoms with Crippen molar-refractivity contribution < 1.29 is 22.6 Å². The van der Waals surface area contributed by atoms with E-state index in [1.165, 1.54) is 0 Å². The van der Waals surface area contributed by atoms with Crippen LogP contribution in [0.5, 0.6) is 0 Å². The van der Waals surface area contributed by atoms with Crippen molar-refractivity contribution in [3.05, 3.63) is 58.4 Å². The predicted molar refractivity (Wildman–Crippen MR) is 107 cm³/mol. The summed E-state index contributed by atoms with van der Waals surface area (Å²) >= 11 is 0. The van der Waals surface area contributed by atoms with E-state index in [4.69, 9.17) is 4.74 Å². The first-order valence-corrected chi connectivity index (χ1v) is 9.95. The molecule has 0 fully saturated rings. The lowest BCUT2D eigenvalue weighted by atomic mass is 9.81. The number of likely N-dealkylation sites (N-methyl/N-ethyl adjacent to an activating group) is 1. The van der Waals surface area contributed by atoms with Gasteiger partial charge in [-0.1, -0.05) is 19.1 Å². The highest BCUT2D eigenvalue weighted by Gasteiger charge is 2.32. The molecule has 29 heavy (non-hydrogen) atoms. The number of allylic oxidation sites excluding steroid dienone is 5. The number of fused-ring (bicyclic) bond motifs is 1. The second kappa shape index (κ2) is 9.78. The summed E-state index contributed by atoms with van der Waals surface area (Å²) < 4.78 is 50.0. The summed E-state index contributed by atoms with van der Waals surface area (Å²) in [7, 11) is 4.02. The summed E-state index contributed by atoms with van der Waals surface area (Å²) in [5.41, 5.74) is 3.72. The Morgan fingerprint density at radius 3 is 2.83 bits per heavy atom. The Kier molecular flexibility index (Phi) is 7.38. The summed E-state index contributed by atoms with van der Waals surface area (Å²) in [6.45, 7) is 1.72. The summed E-state index contributed by atoms with van der Waals surface area (Å²) in [5.74, 6) is -0.103. The van der Waals surface area contributed by atoms with E-state index >= 15 is 0 Å². The van der Waals surface area contributed by atoms with E-state index in [9.17, 15) is 13.2 Å². The van der Waals surface area contributed by atoms with Crippen LogP contribution >= 0.6 is 0 Å². The lowest BCUT2D eigenvalue weighted by Crippen LogP contribution is -2.34. The van der Waals surface area contributed by atoms with Crippen LogP contribution < -0.4 is 5.32 Å². The molecule has 0 aromatic heterocycles. The Balaban J connectivity index is 1.92. The molecule has 0 amide bonds. The highest BCUT2D eigenvalue weighted by Crippen LogP contribution is 2.39. The first-order valence-electron chi connectivity index (χ1n) is 9.95. The fourth-order valence-electron chi connectivity index (χ4n) is 3.73. The van der Waals surface area contributed by atoms with Gasteiger partial charge in [0.1, 0.15) is 11.9 Å². The lowest BCUT2D eigenvalue weighted by Gasteiger charge is -2.34. The van der Waals surface area contributed by atoms with Gasteiger partial charge in [-0.25, -0.2) is 4.39 Å². The van der Waals surface area contributed by atoms with Gasteiger partial charge in [0.05, 0.1) is 12.7 Å². The van der Waals surface area contributed by atoms with Crippen LogP contribution in [0.25, 0.3) is 0 Å². The molecule has 0 aromatic carbocycles. The molecule has 3 aliphatic rings. The highest BCUT2D eigenvalue weighted by molar-refractivity contribution is 5.60. The number of ether oxygens (including phenoxy) is 2. The average Bonchev–Trinajstić information content (AvgIpc) is 2.66. The third-order valence-corrected chi connectivity index (χ3v) is 5.27. The molecule has 0 saturated carbocycles. The van der Waals surface area contributed by atoms with E-state index in [1.54, 1.807) is 24.3 Å². The monoisotopic (exact) mass is 410 g/mol. The van der Waals surface area contributed by atoms with E-state index in [1.807, 2.05) is 27.1 Å². The zero-order valence-electron chi connectivity index (χ0n) is 17.1. The highest BCUT2D eigenvalue weighted by atomic mass is 19.3. The Morgan fingerprint density at radius 2 is 2.14 bits per heavy atom. The van der Waals surface area contributed by atoms with Crippen molar-refractivity contribution in [3.8, 4) is 0 Å². The standard InChI is InChI=1S/C22H29F3N2O2/c1-14-10-15(4-6-19(14)23)21-16(12-26-8-9-27(2)3)13-28-20-7-5-17(11-18(20)21)29-22(24)25/h4-6,10-11,14,19-20,22,26H,7-9,12-13H2,1-3H3. The summed E-state index contributed by atoms with van der Waals surface area (Å²) in [5, 5.41) is 3.42. The average molecular weight is 410 g/mol. The van der Waals surface area contributed by atoms with E-state index < -0.39 is 12.8 Å². The molecule has 3 atom stereocenters. The van der Waals surface area contributed by atoms with Crippen LogP contribution in [0.3, 0.4) is 0 Å². The maximum atomic E-state index is 14.0. The first-order chi connectivity index (χ1) is 13.8. The van der Waals surface area contributed by atoms with Gasteiger partial charge in [0.15, 0.2) is 0 Å². The molecule has 7 heteroatoms. The molecular weight excluding hydrogens is 381 g/mol. The lowest BCUT2D eigenvalue weighted by molar-refractivity contribution is -0.0931. The van der Waals surface area contributed by atoms with Crippen LogP contribution in [0, 0.1) is 5.92 Å². The van der Waals surface area contributed by atoms with Crippen molar-refractivity contribution in [3.63, 3.8) is 0 Å². The molecule has 0 bridgehead atoms. The van der Waals surface area contributed by atoms with Gasteiger partial charge in [-0.2, -0.15) is 8.78 Å². The van der Waals surface area contributed by atoms with Gasteiger partial charge in [0.2, 0.25) is 0 Å². The van der Waals surface area contributed by atoms with Crippen molar-refractivity contribution in [2.45, 2.75) is 32.2 Å². The number of halogens is 3. The zero-order valence-corrected chi connectivity index (χ0v) is 17.1. The van der Waals surface area contributed by atoms with Crippen molar-refractivity contribution in [2.75, 3.05) is 40.3 Å². The predicted octanol–water partition coefficient (Wildman–Crippen LogP) is 3.76. The second-order valence-electron chi connectivity index (χ2n) is 7.86. The van der Waals surface area contributed by atoms with Crippen LogP contribution in [0.4, 0.5) is 13.2 Å². The van der Waals surface area contributed by atoms with Crippen LogP contribution in [0.15, 0.2) is 58.4 Å². The number of hydrogen-bond acceptors (Lipinski definition) is 4. The summed E-state index contributed by atoms with van der Waals surface area (Å²) in [4.78, 5) is 2.09. The van der Waals surface area contributed by atoms with Gasteiger partial charge in [-0.15, -0.1) is 0 Å². The topological polar surface area (TPSA) is 33.7 Å². The minimum Gasteiger partial charge on any atom is -0.435 e. The molecule has 3 unspecified atom stereocenters. The summed E-state index contributed by atoms with van der Waals surface area (Å²) in [6.07, 6.45) is 7.76. The molecule has 2 aliphatic carbocycles. The third-order valence-electron chi connectivity index (χ3n) is 5.27. The number of alkyl halides is 3. The van der Waals surface area contributed by atoms with E-state index in [2.05, 4.69) is 15.0 Å². The largest absolute Gasteiger partial charge is 0.435 e. The minimum absolute atomic E-state index is 0.144. The number of nitrogens with one attached hydrogen (secondary N) is 1. The molecule has 1 N–H and O–H groups in total. The zero-order chi connectivity index (χ0) is 21.0. The Hall–Kier alpha value is -1.83. The molecule has 1 aliphatic heterocycles. The fourth-order valence-corrected chi connectivity index (χ4v) is 3.73. The van der Waals surface area contributed by atoms with Gasteiger partial charge in [-0.05, 0) is 61.0 Å².